The lowest BCUT2D eigenvalue weighted by Crippen LogP contribution is -2.24. The van der Waals surface area contributed by atoms with Gasteiger partial charge in [-0.15, -0.1) is 0 Å². The molecule has 2 N–H and O–H groups in total. The van der Waals surface area contributed by atoms with Gasteiger partial charge in [0.2, 0.25) is 5.75 Å². The summed E-state index contributed by atoms with van der Waals surface area (Å²) in [7, 11) is 2.88. The summed E-state index contributed by atoms with van der Waals surface area (Å²) in [6.45, 7) is 2.31. The summed E-state index contributed by atoms with van der Waals surface area (Å²) in [5.41, 5.74) is 2.73. The monoisotopic (exact) mass is 378 g/mol. The predicted octanol–water partition coefficient (Wildman–Crippen LogP) is 3.50. The molecule has 0 spiro atoms. The Hall–Kier alpha value is -3.72. The average molecular weight is 378 g/mol. The third-order valence-electron chi connectivity index (χ3n) is 4.12. The number of phenols is 1. The van der Waals surface area contributed by atoms with E-state index in [1.54, 1.807) is 24.3 Å². The fraction of sp³-hybridized carbons (Fsp3) is 0.182. The zero-order valence-corrected chi connectivity index (χ0v) is 16.0. The normalized spacial score (nSPS) is 11.1. The summed E-state index contributed by atoms with van der Waals surface area (Å²) in [5.74, 6) is -0.0128. The third kappa shape index (κ3) is 5.15. The number of methoxy groups -OCH3 is 2. The number of nitrogens with zero attached hydrogens (tertiary/aromatic N) is 1. The number of carbonyl (C=O) groups is 1. The van der Waals surface area contributed by atoms with Gasteiger partial charge in [0.15, 0.2) is 11.5 Å². The van der Waals surface area contributed by atoms with Crippen LogP contribution in [0.3, 0.4) is 0 Å². The summed E-state index contributed by atoms with van der Waals surface area (Å²) in [6.07, 6.45) is 4.69. The van der Waals surface area contributed by atoms with Gasteiger partial charge >= 0.3 is 0 Å². The molecule has 0 saturated heterocycles. The maximum absolute atomic E-state index is 12.2. The second-order valence-electron chi connectivity index (χ2n) is 5.93. The van der Waals surface area contributed by atoms with Crippen molar-refractivity contribution in [2.45, 2.75) is 13.5 Å². The Morgan fingerprint density at radius 3 is 2.43 bits per heavy atom. The summed E-state index contributed by atoms with van der Waals surface area (Å²) in [6, 6.07) is 12.9. The van der Waals surface area contributed by atoms with E-state index in [1.165, 1.54) is 20.3 Å². The highest BCUT2D eigenvalue weighted by molar-refractivity contribution is 5.97. The van der Waals surface area contributed by atoms with Crippen molar-refractivity contribution >= 4 is 12.0 Å². The molecule has 6 nitrogen and oxygen atoms in total. The molecule has 0 aliphatic carbocycles. The summed E-state index contributed by atoms with van der Waals surface area (Å²) in [5, 5.41) is 21.9. The van der Waals surface area contributed by atoms with E-state index in [0.717, 1.165) is 11.1 Å². The van der Waals surface area contributed by atoms with E-state index in [9.17, 15) is 15.2 Å². The van der Waals surface area contributed by atoms with Gasteiger partial charge in [-0.25, -0.2) is 0 Å². The number of aryl methyl sites for hydroxylation is 1. The molecule has 0 radical (unpaired) electrons. The number of ether oxygens (including phenoxy) is 2. The largest absolute Gasteiger partial charge is 0.502 e. The fourth-order valence-electron chi connectivity index (χ4n) is 2.51. The van der Waals surface area contributed by atoms with Gasteiger partial charge in [-0.3, -0.25) is 4.79 Å². The zero-order valence-electron chi connectivity index (χ0n) is 16.0. The Balaban J connectivity index is 2.11. The van der Waals surface area contributed by atoms with E-state index in [-0.39, 0.29) is 22.8 Å². The van der Waals surface area contributed by atoms with Crippen molar-refractivity contribution in [3.8, 4) is 23.3 Å². The predicted molar refractivity (Wildman–Crippen MR) is 107 cm³/mol. The van der Waals surface area contributed by atoms with E-state index in [0.29, 0.717) is 12.1 Å². The van der Waals surface area contributed by atoms with Crippen molar-refractivity contribution in [3.05, 3.63) is 70.8 Å². The van der Waals surface area contributed by atoms with Crippen LogP contribution in [0.2, 0.25) is 0 Å². The smallest absolute Gasteiger partial charge is 0.262 e. The first-order chi connectivity index (χ1) is 13.5. The molecule has 1 amide bonds. The molecule has 0 aromatic heterocycles. The molecule has 0 aliphatic heterocycles. The number of nitriles is 1. The van der Waals surface area contributed by atoms with E-state index in [2.05, 4.69) is 5.32 Å². The fourth-order valence-corrected chi connectivity index (χ4v) is 2.51. The molecular formula is C22H22N2O4. The number of rotatable bonds is 7. The molecule has 0 unspecified atom stereocenters. The molecule has 144 valence electrons. The third-order valence-corrected chi connectivity index (χ3v) is 4.12. The van der Waals surface area contributed by atoms with Crippen LogP contribution in [0.1, 0.15) is 16.7 Å². The molecule has 28 heavy (non-hydrogen) atoms. The van der Waals surface area contributed by atoms with Gasteiger partial charge in [-0.2, -0.15) is 5.26 Å². The van der Waals surface area contributed by atoms with Crippen LogP contribution in [0.25, 0.3) is 6.08 Å². The van der Waals surface area contributed by atoms with Crippen LogP contribution >= 0.6 is 0 Å². The molecule has 0 aliphatic rings. The zero-order chi connectivity index (χ0) is 20.5. The van der Waals surface area contributed by atoms with Crippen LogP contribution in [0.5, 0.6) is 17.2 Å². The Kier molecular flexibility index (Phi) is 7.23. The van der Waals surface area contributed by atoms with Crippen LogP contribution in [0, 0.1) is 18.3 Å². The minimum atomic E-state index is -0.448. The van der Waals surface area contributed by atoms with Crippen LogP contribution in [-0.2, 0) is 11.3 Å². The lowest BCUT2D eigenvalue weighted by Gasteiger charge is -2.09. The van der Waals surface area contributed by atoms with Gasteiger partial charge in [-0.05, 0) is 41.8 Å². The Labute approximate surface area is 164 Å². The van der Waals surface area contributed by atoms with E-state index < -0.39 is 5.91 Å². The molecule has 6 heteroatoms. The standard InChI is InChI=1S/C22H22N2O4/c1-15-7-4-5-9-18(15)14-24-22(26)17(13-23)10-6-8-16-11-19(27-2)21(25)20(12-16)28-3/h4-12,25H,14H2,1-3H3,(H,24,26). The summed E-state index contributed by atoms with van der Waals surface area (Å²) >= 11 is 0. The highest BCUT2D eigenvalue weighted by Gasteiger charge is 2.10. The first-order valence-corrected chi connectivity index (χ1v) is 8.56. The SMILES string of the molecule is COc1cc(C=CC=C(C#N)C(=O)NCc2ccccc2C)cc(OC)c1O. The van der Waals surface area contributed by atoms with E-state index in [1.807, 2.05) is 37.3 Å². The molecule has 0 atom stereocenters. The van der Waals surface area contributed by atoms with Gasteiger partial charge < -0.3 is 19.9 Å². The number of hydrogen-bond acceptors (Lipinski definition) is 5. The molecule has 0 heterocycles. The second-order valence-corrected chi connectivity index (χ2v) is 5.93. The van der Waals surface area contributed by atoms with Crippen molar-refractivity contribution in [1.82, 2.24) is 5.32 Å². The highest BCUT2D eigenvalue weighted by Crippen LogP contribution is 2.37. The average Bonchev–Trinajstić information content (AvgIpc) is 2.71. The molecule has 2 rings (SSSR count). The molecule has 2 aromatic carbocycles. The molecular weight excluding hydrogens is 356 g/mol. The maximum atomic E-state index is 12.2. The van der Waals surface area contributed by atoms with Gasteiger partial charge in [0.25, 0.3) is 5.91 Å². The first kappa shape index (κ1) is 20.6. The van der Waals surface area contributed by atoms with Gasteiger partial charge in [0.1, 0.15) is 11.6 Å². The van der Waals surface area contributed by atoms with Gasteiger partial charge in [-0.1, -0.05) is 36.4 Å². The highest BCUT2D eigenvalue weighted by atomic mass is 16.5. The number of benzene rings is 2. The number of amides is 1. The van der Waals surface area contributed by atoms with Gasteiger partial charge in [0.05, 0.1) is 14.2 Å². The first-order valence-electron chi connectivity index (χ1n) is 8.56. The van der Waals surface area contributed by atoms with Crippen LogP contribution < -0.4 is 14.8 Å². The van der Waals surface area contributed by atoms with E-state index in [4.69, 9.17) is 9.47 Å². The summed E-state index contributed by atoms with van der Waals surface area (Å²) in [4.78, 5) is 12.2. The number of phenolic OH excluding ortho intramolecular Hbond substituents is 1. The topological polar surface area (TPSA) is 91.6 Å². The quantitative estimate of drug-likeness (QED) is 0.437. The molecule has 0 saturated carbocycles. The molecule has 2 aromatic rings. The number of hydrogen-bond donors (Lipinski definition) is 2. The van der Waals surface area contributed by atoms with Crippen molar-refractivity contribution in [1.29, 1.82) is 5.26 Å². The van der Waals surface area contributed by atoms with Crippen LogP contribution in [0.15, 0.2) is 54.1 Å². The molecule has 0 fully saturated rings. The number of allylic oxidation sites excluding steroid dienone is 2. The number of carbonyl (C=O) groups excluding carboxylic acids is 1. The molecule has 0 bridgehead atoms. The van der Waals surface area contributed by atoms with Crippen LogP contribution in [-0.4, -0.2) is 25.2 Å². The lowest BCUT2D eigenvalue weighted by molar-refractivity contribution is -0.117. The maximum Gasteiger partial charge on any atom is 0.262 e. The van der Waals surface area contributed by atoms with Crippen molar-refractivity contribution in [2.24, 2.45) is 0 Å². The van der Waals surface area contributed by atoms with Crippen molar-refractivity contribution in [3.63, 3.8) is 0 Å². The van der Waals surface area contributed by atoms with Crippen molar-refractivity contribution < 1.29 is 19.4 Å². The minimum Gasteiger partial charge on any atom is -0.502 e. The lowest BCUT2D eigenvalue weighted by atomic mass is 10.1. The van der Waals surface area contributed by atoms with Crippen LogP contribution in [0.4, 0.5) is 0 Å². The summed E-state index contributed by atoms with van der Waals surface area (Å²) < 4.78 is 10.2. The van der Waals surface area contributed by atoms with Crippen molar-refractivity contribution in [2.75, 3.05) is 14.2 Å². The Morgan fingerprint density at radius 2 is 1.86 bits per heavy atom. The number of nitrogens with one attached hydrogen (secondary N) is 1. The van der Waals surface area contributed by atoms with Gasteiger partial charge in [0, 0.05) is 6.54 Å². The number of aromatic hydroxyl groups is 1. The Morgan fingerprint density at radius 1 is 1.21 bits per heavy atom. The minimum absolute atomic E-state index is 0.0115. The van der Waals surface area contributed by atoms with E-state index >= 15 is 0 Å². The second kappa shape index (κ2) is 9.83. The Bertz CT molecular complexity index is 930.